The van der Waals surface area contributed by atoms with E-state index in [1.807, 2.05) is 7.05 Å². The summed E-state index contributed by atoms with van der Waals surface area (Å²) in [5.74, 6) is 5.94. The molecule has 0 aliphatic rings. The molecule has 2 nitrogen and oxygen atoms in total. The van der Waals surface area contributed by atoms with Gasteiger partial charge in [-0.2, -0.15) is 5.26 Å². The van der Waals surface area contributed by atoms with Gasteiger partial charge >= 0.3 is 0 Å². The van der Waals surface area contributed by atoms with Crippen LogP contribution in [0.1, 0.15) is 17.5 Å². The fraction of sp³-hybridized carbons (Fsp3) is 0.250. The summed E-state index contributed by atoms with van der Waals surface area (Å²) < 4.78 is 0. The predicted octanol–water partition coefficient (Wildman–Crippen LogP) is 2.17. The molecule has 0 radical (unpaired) electrons. The lowest BCUT2D eigenvalue weighted by molar-refractivity contribution is 0.818. The van der Waals surface area contributed by atoms with E-state index in [9.17, 15) is 0 Å². The quantitative estimate of drug-likeness (QED) is 0.610. The molecule has 0 unspecified atom stereocenters. The number of hydrogen-bond acceptors (Lipinski definition) is 2. The van der Waals surface area contributed by atoms with Crippen LogP contribution >= 0.6 is 11.6 Å². The van der Waals surface area contributed by atoms with E-state index in [2.05, 4.69) is 23.2 Å². The Kier molecular flexibility index (Phi) is 4.71. The van der Waals surface area contributed by atoms with E-state index in [1.165, 1.54) is 0 Å². The van der Waals surface area contributed by atoms with Gasteiger partial charge in [-0.15, -0.1) is 0 Å². The minimum absolute atomic E-state index is 0.581. The third-order valence-corrected chi connectivity index (χ3v) is 2.15. The van der Waals surface area contributed by atoms with Gasteiger partial charge in [0.2, 0.25) is 0 Å². The van der Waals surface area contributed by atoms with Crippen molar-refractivity contribution in [3.05, 3.63) is 34.3 Å². The average Bonchev–Trinajstić information content (AvgIpc) is 2.26. The number of hydrogen-bond donors (Lipinski definition) is 1. The van der Waals surface area contributed by atoms with Crippen LogP contribution in [0.25, 0.3) is 0 Å². The minimum Gasteiger partial charge on any atom is -0.319 e. The third kappa shape index (κ3) is 3.64. The van der Waals surface area contributed by atoms with Crippen molar-refractivity contribution >= 4 is 11.6 Å². The highest BCUT2D eigenvalue weighted by atomic mass is 35.5. The van der Waals surface area contributed by atoms with Gasteiger partial charge in [0.05, 0.1) is 16.7 Å². The first-order valence-corrected chi connectivity index (χ1v) is 4.99. The van der Waals surface area contributed by atoms with E-state index in [0.29, 0.717) is 16.1 Å². The largest absolute Gasteiger partial charge is 0.319 e. The highest BCUT2D eigenvalue weighted by Crippen LogP contribution is 2.15. The number of halogens is 1. The number of rotatable bonds is 2. The van der Waals surface area contributed by atoms with Gasteiger partial charge in [0.25, 0.3) is 0 Å². The summed E-state index contributed by atoms with van der Waals surface area (Å²) in [7, 11) is 1.88. The maximum atomic E-state index is 8.71. The molecule has 0 aliphatic heterocycles. The molecule has 0 amide bonds. The number of nitrogens with one attached hydrogen (secondary N) is 1. The van der Waals surface area contributed by atoms with Crippen LogP contribution in [0.15, 0.2) is 18.2 Å². The number of benzene rings is 1. The smallest absolute Gasteiger partial charge is 0.0992 e. The minimum atomic E-state index is 0.581. The lowest BCUT2D eigenvalue weighted by Crippen LogP contribution is -2.05. The molecular weight excluding hydrogens is 208 g/mol. The van der Waals surface area contributed by atoms with E-state index in [-0.39, 0.29) is 0 Å². The summed E-state index contributed by atoms with van der Waals surface area (Å²) in [5.41, 5.74) is 1.30. The SMILES string of the molecule is CNCCC#Cc1cc(C#N)ccc1Cl. The second kappa shape index (κ2) is 6.09. The molecule has 0 heterocycles. The molecular formula is C12H11ClN2. The molecule has 0 spiro atoms. The number of nitrogens with zero attached hydrogens (tertiary/aromatic N) is 1. The Balaban J connectivity index is 2.83. The van der Waals surface area contributed by atoms with Crippen LogP contribution in [-0.2, 0) is 0 Å². The van der Waals surface area contributed by atoms with Crippen molar-refractivity contribution in [2.24, 2.45) is 0 Å². The van der Waals surface area contributed by atoms with Gasteiger partial charge in [-0.3, -0.25) is 0 Å². The van der Waals surface area contributed by atoms with Crippen molar-refractivity contribution in [2.45, 2.75) is 6.42 Å². The summed E-state index contributed by atoms with van der Waals surface area (Å²) in [4.78, 5) is 0. The summed E-state index contributed by atoms with van der Waals surface area (Å²) in [6.45, 7) is 0.850. The van der Waals surface area contributed by atoms with E-state index in [1.54, 1.807) is 18.2 Å². The van der Waals surface area contributed by atoms with Crippen LogP contribution in [0.5, 0.6) is 0 Å². The highest BCUT2D eigenvalue weighted by Gasteiger charge is 1.97. The summed E-state index contributed by atoms with van der Waals surface area (Å²) in [5, 5.41) is 12.3. The van der Waals surface area contributed by atoms with Gasteiger partial charge in [-0.25, -0.2) is 0 Å². The molecule has 1 aromatic carbocycles. The second-order valence-corrected chi connectivity index (χ2v) is 3.37. The Bertz CT molecular complexity index is 435. The van der Waals surface area contributed by atoms with Gasteiger partial charge < -0.3 is 5.32 Å². The zero-order chi connectivity index (χ0) is 11.1. The van der Waals surface area contributed by atoms with Crippen LogP contribution in [0.3, 0.4) is 0 Å². The molecule has 0 aliphatic carbocycles. The fourth-order valence-electron chi connectivity index (χ4n) is 1.04. The third-order valence-electron chi connectivity index (χ3n) is 1.82. The standard InChI is InChI=1S/C12H11ClN2/c1-15-7-3-2-4-11-8-10(9-14)5-6-12(11)13/h5-6,8,15H,3,7H2,1H3. The Morgan fingerprint density at radius 3 is 2.93 bits per heavy atom. The molecule has 0 fully saturated rings. The van der Waals surface area contributed by atoms with Crippen molar-refractivity contribution in [1.29, 1.82) is 5.26 Å². The van der Waals surface area contributed by atoms with E-state index in [4.69, 9.17) is 16.9 Å². The lowest BCUT2D eigenvalue weighted by atomic mass is 10.1. The Morgan fingerprint density at radius 2 is 2.27 bits per heavy atom. The van der Waals surface area contributed by atoms with Gasteiger partial charge in [-0.1, -0.05) is 23.4 Å². The number of nitriles is 1. The summed E-state index contributed by atoms with van der Waals surface area (Å²) in [6, 6.07) is 7.14. The molecule has 76 valence electrons. The topological polar surface area (TPSA) is 35.8 Å². The Hall–Kier alpha value is -1.48. The van der Waals surface area contributed by atoms with Crippen LogP contribution in [-0.4, -0.2) is 13.6 Å². The Labute approximate surface area is 94.9 Å². The summed E-state index contributed by atoms with van der Waals surface area (Å²) in [6.07, 6.45) is 0.767. The van der Waals surface area contributed by atoms with Crippen molar-refractivity contribution in [1.82, 2.24) is 5.32 Å². The van der Waals surface area contributed by atoms with Crippen molar-refractivity contribution < 1.29 is 0 Å². The maximum absolute atomic E-state index is 8.71. The van der Waals surface area contributed by atoms with E-state index < -0.39 is 0 Å². The van der Waals surface area contributed by atoms with Crippen molar-refractivity contribution in [3.8, 4) is 17.9 Å². The highest BCUT2D eigenvalue weighted by molar-refractivity contribution is 6.31. The Morgan fingerprint density at radius 1 is 1.47 bits per heavy atom. The summed E-state index contributed by atoms with van der Waals surface area (Å²) >= 11 is 5.94. The van der Waals surface area contributed by atoms with Crippen molar-refractivity contribution in [2.75, 3.05) is 13.6 Å². The lowest BCUT2D eigenvalue weighted by Gasteiger charge is -1.95. The molecule has 1 rings (SSSR count). The van der Waals surface area contributed by atoms with Crippen molar-refractivity contribution in [3.63, 3.8) is 0 Å². The van der Waals surface area contributed by atoms with Crippen LogP contribution in [0, 0.1) is 23.2 Å². The van der Waals surface area contributed by atoms with Crippen LogP contribution < -0.4 is 5.32 Å². The van der Waals surface area contributed by atoms with Gasteiger partial charge in [0.1, 0.15) is 0 Å². The van der Waals surface area contributed by atoms with E-state index >= 15 is 0 Å². The van der Waals surface area contributed by atoms with E-state index in [0.717, 1.165) is 13.0 Å². The molecule has 0 saturated carbocycles. The molecule has 15 heavy (non-hydrogen) atoms. The van der Waals surface area contributed by atoms with Gasteiger partial charge in [-0.05, 0) is 25.2 Å². The van der Waals surface area contributed by atoms with Gasteiger partial charge in [0, 0.05) is 18.5 Å². The first-order valence-electron chi connectivity index (χ1n) is 4.61. The molecule has 0 bridgehead atoms. The fourth-order valence-corrected chi connectivity index (χ4v) is 1.20. The maximum Gasteiger partial charge on any atom is 0.0992 e. The van der Waals surface area contributed by atoms with Gasteiger partial charge in [0.15, 0.2) is 0 Å². The first-order chi connectivity index (χ1) is 7.27. The monoisotopic (exact) mass is 218 g/mol. The molecule has 1 N–H and O–H groups in total. The molecule has 0 saturated heterocycles. The zero-order valence-electron chi connectivity index (χ0n) is 8.47. The van der Waals surface area contributed by atoms with Crippen LogP contribution in [0.4, 0.5) is 0 Å². The second-order valence-electron chi connectivity index (χ2n) is 2.96. The molecule has 3 heteroatoms. The molecule has 0 atom stereocenters. The molecule has 0 aromatic heterocycles. The zero-order valence-corrected chi connectivity index (χ0v) is 9.23. The van der Waals surface area contributed by atoms with Crippen LogP contribution in [0.2, 0.25) is 5.02 Å². The normalized spacial score (nSPS) is 8.87. The average molecular weight is 219 g/mol. The first kappa shape index (κ1) is 11.6. The molecule has 1 aromatic rings. The predicted molar refractivity (Wildman–Crippen MR) is 61.6 cm³/mol.